The molecule has 6 unspecified atom stereocenters. The maximum atomic E-state index is 11.6. The molecule has 284 valence electrons. The van der Waals surface area contributed by atoms with Crippen molar-refractivity contribution in [3.8, 4) is 0 Å². The average Bonchev–Trinajstić information content (AvgIpc) is 3.90. The van der Waals surface area contributed by atoms with Gasteiger partial charge in [-0.3, -0.25) is 0 Å². The average molecular weight is 711 g/mol. The summed E-state index contributed by atoms with van der Waals surface area (Å²) < 4.78 is 10.5. The van der Waals surface area contributed by atoms with E-state index in [9.17, 15) is 14.7 Å². The predicted molar refractivity (Wildman–Crippen MR) is 204 cm³/mol. The standard InChI is InChI=1S/C24H34O2.C23H32O3/c1-15-8-10-23(2)17(12-15)4-5-18-20-7-6-19(16-13-22(25)26-14-16)24(20,3)11-9-21(18)23;1-22-9-7-16(24)12-15(22)3-4-17-19-6-5-18(14-11-21(25)26-13-14)23(19,2)10-8-20(17)22/h4,13,15,18-21H,5-12,14H2,1-3H3;3,11,16-20,24H,4-10,12-13H2,1-2H3/t15-,18?,19+,20?,21?,23-,24+;16-,17?,18+,19?,20?,22-,23+/m00/s1. The van der Waals surface area contributed by atoms with Crippen LogP contribution in [0.4, 0.5) is 0 Å². The van der Waals surface area contributed by atoms with Gasteiger partial charge in [-0.25, -0.2) is 9.59 Å². The minimum absolute atomic E-state index is 0.116. The Morgan fingerprint density at radius 3 is 1.56 bits per heavy atom. The van der Waals surface area contributed by atoms with Crippen molar-refractivity contribution < 1.29 is 24.2 Å². The minimum atomic E-state index is -0.140. The monoisotopic (exact) mass is 710 g/mol. The minimum Gasteiger partial charge on any atom is -0.458 e. The summed E-state index contributed by atoms with van der Waals surface area (Å²) in [4.78, 5) is 23.2. The highest BCUT2D eigenvalue weighted by Crippen LogP contribution is 2.69. The fourth-order valence-corrected chi connectivity index (χ4v) is 15.9. The Labute approximate surface area is 313 Å². The van der Waals surface area contributed by atoms with Gasteiger partial charge in [0.25, 0.3) is 0 Å². The zero-order valence-corrected chi connectivity index (χ0v) is 32.9. The van der Waals surface area contributed by atoms with Gasteiger partial charge in [0.1, 0.15) is 13.2 Å². The highest BCUT2D eigenvalue weighted by Gasteiger charge is 2.61. The molecule has 0 aromatic heterocycles. The maximum Gasteiger partial charge on any atom is 0.331 e. The molecule has 14 atom stereocenters. The van der Waals surface area contributed by atoms with Crippen LogP contribution in [0.25, 0.3) is 0 Å². The molecule has 0 amide bonds. The lowest BCUT2D eigenvalue weighted by atomic mass is 9.47. The van der Waals surface area contributed by atoms with E-state index in [1.54, 1.807) is 17.2 Å². The second-order valence-electron chi connectivity index (χ2n) is 20.8. The van der Waals surface area contributed by atoms with Gasteiger partial charge in [-0.15, -0.1) is 0 Å². The van der Waals surface area contributed by atoms with Gasteiger partial charge in [0.05, 0.1) is 6.10 Å². The van der Waals surface area contributed by atoms with Gasteiger partial charge in [-0.05, 0) is 189 Å². The Bertz CT molecular complexity index is 1500. The number of allylic oxidation sites excluding steroid dienone is 3. The first-order valence-corrected chi connectivity index (χ1v) is 21.6. The number of cyclic esters (lactones) is 2. The van der Waals surface area contributed by atoms with E-state index in [4.69, 9.17) is 9.47 Å². The van der Waals surface area contributed by atoms with E-state index in [1.807, 2.05) is 6.08 Å². The zero-order valence-electron chi connectivity index (χ0n) is 32.9. The molecule has 6 fully saturated rings. The third kappa shape index (κ3) is 5.37. The molecular formula is C47H66O5. The lowest BCUT2D eigenvalue weighted by molar-refractivity contribution is -0.135. The van der Waals surface area contributed by atoms with Gasteiger partial charge in [0.2, 0.25) is 0 Å². The highest BCUT2D eigenvalue weighted by molar-refractivity contribution is 5.85. The highest BCUT2D eigenvalue weighted by atomic mass is 16.5. The summed E-state index contributed by atoms with van der Waals surface area (Å²) in [5.74, 6) is 6.64. The van der Waals surface area contributed by atoms with Crippen LogP contribution < -0.4 is 0 Å². The number of hydrogen-bond acceptors (Lipinski definition) is 5. The van der Waals surface area contributed by atoms with Gasteiger partial charge in [0, 0.05) is 12.2 Å². The molecule has 0 aromatic carbocycles. The summed E-state index contributed by atoms with van der Waals surface area (Å²) in [6.45, 7) is 13.6. The van der Waals surface area contributed by atoms with E-state index in [0.29, 0.717) is 46.7 Å². The van der Waals surface area contributed by atoms with Crippen molar-refractivity contribution >= 4 is 11.9 Å². The normalized spacial score (nSPS) is 50.3. The summed E-state index contributed by atoms with van der Waals surface area (Å²) in [6.07, 6.45) is 28.8. The molecule has 0 saturated heterocycles. The number of hydrogen-bond donors (Lipinski definition) is 1. The number of fused-ring (bicyclic) bond motifs is 10. The Morgan fingerprint density at radius 1 is 0.596 bits per heavy atom. The topological polar surface area (TPSA) is 72.8 Å². The molecule has 2 aliphatic heterocycles. The molecule has 6 saturated carbocycles. The first-order chi connectivity index (χ1) is 24.8. The lowest BCUT2D eigenvalue weighted by Crippen LogP contribution is -2.50. The molecule has 0 bridgehead atoms. The first-order valence-electron chi connectivity index (χ1n) is 21.6. The van der Waals surface area contributed by atoms with E-state index in [2.05, 4.69) is 46.8 Å². The molecule has 0 spiro atoms. The molecule has 52 heavy (non-hydrogen) atoms. The lowest BCUT2D eigenvalue weighted by Gasteiger charge is -2.58. The first kappa shape index (κ1) is 35.6. The van der Waals surface area contributed by atoms with Crippen molar-refractivity contribution in [3.63, 3.8) is 0 Å². The summed E-state index contributed by atoms with van der Waals surface area (Å²) in [6, 6.07) is 0. The molecule has 5 nitrogen and oxygen atoms in total. The van der Waals surface area contributed by atoms with Crippen molar-refractivity contribution in [3.05, 3.63) is 46.6 Å². The summed E-state index contributed by atoms with van der Waals surface area (Å²) >= 11 is 0. The van der Waals surface area contributed by atoms with Crippen LogP contribution in [-0.4, -0.2) is 36.4 Å². The predicted octanol–water partition coefficient (Wildman–Crippen LogP) is 10.1. The van der Waals surface area contributed by atoms with Crippen molar-refractivity contribution in [2.45, 2.75) is 143 Å². The fourth-order valence-electron chi connectivity index (χ4n) is 15.9. The second kappa shape index (κ2) is 12.7. The summed E-state index contributed by atoms with van der Waals surface area (Å²) in [5.41, 5.74) is 7.40. The number of carbonyl (C=O) groups excluding carboxylic acids is 2. The van der Waals surface area contributed by atoms with Crippen LogP contribution in [0, 0.1) is 74.9 Å². The molecule has 10 aliphatic rings. The van der Waals surface area contributed by atoms with E-state index in [-0.39, 0.29) is 18.0 Å². The number of aliphatic hydroxyl groups is 1. The molecule has 0 radical (unpaired) electrons. The van der Waals surface area contributed by atoms with Crippen molar-refractivity contribution in [1.29, 1.82) is 0 Å². The number of rotatable bonds is 2. The van der Waals surface area contributed by atoms with Gasteiger partial charge in [0.15, 0.2) is 0 Å². The van der Waals surface area contributed by atoms with Crippen molar-refractivity contribution in [1.82, 2.24) is 0 Å². The molecule has 0 aromatic rings. The van der Waals surface area contributed by atoms with Crippen LogP contribution in [0.3, 0.4) is 0 Å². The number of ether oxygens (including phenoxy) is 2. The van der Waals surface area contributed by atoms with E-state index >= 15 is 0 Å². The van der Waals surface area contributed by atoms with E-state index in [1.165, 1.54) is 94.6 Å². The van der Waals surface area contributed by atoms with Crippen LogP contribution >= 0.6 is 0 Å². The van der Waals surface area contributed by atoms with Crippen LogP contribution in [-0.2, 0) is 19.1 Å². The largest absolute Gasteiger partial charge is 0.458 e. The SMILES string of the molecule is C[C@H]1CC[C@@]2(C)C(=CCC3C2CC[C@@]2(C)C3CC[C@@H]2C2=CC(=O)OC2)C1.C[C@]12CC[C@H](O)CC1=CCC1C2CC[C@@]2(C)C1CC[C@@H]2C1=CC(=O)OC1. The Hall–Kier alpha value is -2.14. The molecular weight excluding hydrogens is 645 g/mol. The molecule has 8 aliphatic carbocycles. The molecule has 10 rings (SSSR count). The van der Waals surface area contributed by atoms with Gasteiger partial charge >= 0.3 is 11.9 Å². The van der Waals surface area contributed by atoms with Gasteiger partial charge in [-0.2, -0.15) is 0 Å². The van der Waals surface area contributed by atoms with E-state index < -0.39 is 0 Å². The molecule has 2 heterocycles. The van der Waals surface area contributed by atoms with Gasteiger partial charge < -0.3 is 14.6 Å². The van der Waals surface area contributed by atoms with Crippen LogP contribution in [0.2, 0.25) is 0 Å². The maximum absolute atomic E-state index is 11.6. The molecule has 1 N–H and O–H groups in total. The summed E-state index contributed by atoms with van der Waals surface area (Å²) in [7, 11) is 0. The Morgan fingerprint density at radius 2 is 1.08 bits per heavy atom. The smallest absolute Gasteiger partial charge is 0.331 e. The number of aliphatic hydroxyl groups excluding tert-OH is 1. The fraction of sp³-hybridized carbons (Fsp3) is 0.787. The second-order valence-corrected chi connectivity index (χ2v) is 20.8. The third-order valence-electron chi connectivity index (χ3n) is 18.7. The quantitative estimate of drug-likeness (QED) is 0.228. The van der Waals surface area contributed by atoms with Crippen molar-refractivity contribution in [2.24, 2.45) is 74.9 Å². The number of carbonyl (C=O) groups is 2. The van der Waals surface area contributed by atoms with Crippen LogP contribution in [0.15, 0.2) is 46.6 Å². The van der Waals surface area contributed by atoms with E-state index in [0.717, 1.165) is 60.7 Å². The van der Waals surface area contributed by atoms with Crippen LogP contribution in [0.5, 0.6) is 0 Å². The molecule has 5 heteroatoms. The van der Waals surface area contributed by atoms with Gasteiger partial charge in [-0.1, -0.05) is 57.9 Å². The van der Waals surface area contributed by atoms with Crippen molar-refractivity contribution in [2.75, 3.05) is 13.2 Å². The Kier molecular flexibility index (Phi) is 8.69. The third-order valence-corrected chi connectivity index (χ3v) is 18.7. The Balaban J connectivity index is 0.000000138. The summed E-state index contributed by atoms with van der Waals surface area (Å²) in [5, 5.41) is 10.1. The van der Waals surface area contributed by atoms with Crippen LogP contribution in [0.1, 0.15) is 137 Å². The number of esters is 2. The zero-order chi connectivity index (χ0) is 36.2.